The predicted octanol–water partition coefficient (Wildman–Crippen LogP) is 4.03. The average Bonchev–Trinajstić information content (AvgIpc) is 2.64. The summed E-state index contributed by atoms with van der Waals surface area (Å²) in [6.45, 7) is 6.76. The highest BCUT2D eigenvalue weighted by Gasteiger charge is 2.23. The van der Waals surface area contributed by atoms with E-state index < -0.39 is 0 Å². The second kappa shape index (κ2) is 7.73. The van der Waals surface area contributed by atoms with Gasteiger partial charge in [0.05, 0.1) is 0 Å². The molecule has 1 heterocycles. The van der Waals surface area contributed by atoms with E-state index in [-0.39, 0.29) is 11.8 Å². The maximum Gasteiger partial charge on any atom is 0.228 e. The van der Waals surface area contributed by atoms with Crippen LogP contribution in [-0.2, 0) is 16.0 Å². The smallest absolute Gasteiger partial charge is 0.228 e. The molecule has 0 aromatic heterocycles. The van der Waals surface area contributed by atoms with E-state index in [0.29, 0.717) is 13.0 Å². The Balaban J connectivity index is 1.75. The molecule has 0 aliphatic carbocycles. The molecule has 1 aliphatic rings. The second-order valence-electron chi connectivity index (χ2n) is 6.92. The Morgan fingerprint density at radius 2 is 1.85 bits per heavy atom. The standard InChI is InChI=1S/C22H26N2O2/c1-16-8-6-12-20(17(16)2)23(18(3)25)15-13-22(26)24-14-7-10-19-9-4-5-11-21(19)24/h4-6,8-9,11-12H,7,10,13-15H2,1-3H3. The summed E-state index contributed by atoms with van der Waals surface area (Å²) in [7, 11) is 0. The van der Waals surface area contributed by atoms with E-state index in [1.807, 2.05) is 55.1 Å². The number of hydrogen-bond donors (Lipinski definition) is 0. The number of fused-ring (bicyclic) bond motifs is 1. The first-order valence-electron chi connectivity index (χ1n) is 9.21. The Labute approximate surface area is 155 Å². The normalized spacial score (nSPS) is 13.3. The van der Waals surface area contributed by atoms with Gasteiger partial charge in [-0.3, -0.25) is 9.59 Å². The van der Waals surface area contributed by atoms with Crippen LogP contribution in [0.1, 0.15) is 36.5 Å². The number of para-hydroxylation sites is 1. The Morgan fingerprint density at radius 3 is 2.62 bits per heavy atom. The lowest BCUT2D eigenvalue weighted by Gasteiger charge is -2.30. The van der Waals surface area contributed by atoms with Crippen molar-refractivity contribution >= 4 is 23.2 Å². The number of rotatable bonds is 4. The molecule has 0 spiro atoms. The summed E-state index contributed by atoms with van der Waals surface area (Å²) >= 11 is 0. The first-order valence-corrected chi connectivity index (χ1v) is 9.21. The minimum atomic E-state index is -0.0365. The average molecular weight is 350 g/mol. The molecule has 2 aromatic carbocycles. The van der Waals surface area contributed by atoms with Crippen molar-refractivity contribution in [2.75, 3.05) is 22.9 Å². The minimum Gasteiger partial charge on any atom is -0.312 e. The fourth-order valence-electron chi connectivity index (χ4n) is 3.61. The van der Waals surface area contributed by atoms with Crippen LogP contribution in [0.4, 0.5) is 11.4 Å². The van der Waals surface area contributed by atoms with Crippen LogP contribution in [-0.4, -0.2) is 24.9 Å². The maximum absolute atomic E-state index is 12.9. The topological polar surface area (TPSA) is 40.6 Å². The van der Waals surface area contributed by atoms with E-state index in [1.54, 1.807) is 11.8 Å². The van der Waals surface area contributed by atoms with Crippen molar-refractivity contribution in [3.05, 3.63) is 59.2 Å². The molecule has 0 saturated heterocycles. The van der Waals surface area contributed by atoms with Gasteiger partial charge in [0.25, 0.3) is 0 Å². The number of hydrogen-bond acceptors (Lipinski definition) is 2. The van der Waals surface area contributed by atoms with Crippen LogP contribution in [0.2, 0.25) is 0 Å². The van der Waals surface area contributed by atoms with E-state index in [9.17, 15) is 9.59 Å². The Kier molecular flexibility index (Phi) is 5.40. The Morgan fingerprint density at radius 1 is 1.08 bits per heavy atom. The zero-order chi connectivity index (χ0) is 18.7. The molecule has 4 nitrogen and oxygen atoms in total. The molecular weight excluding hydrogens is 324 g/mol. The first kappa shape index (κ1) is 18.2. The fraction of sp³-hybridized carbons (Fsp3) is 0.364. The summed E-state index contributed by atoms with van der Waals surface area (Å²) in [5, 5.41) is 0. The molecular formula is C22H26N2O2. The van der Waals surface area contributed by atoms with Crippen LogP contribution < -0.4 is 9.80 Å². The predicted molar refractivity (Wildman–Crippen MR) is 106 cm³/mol. The number of amides is 2. The molecule has 0 unspecified atom stereocenters. The van der Waals surface area contributed by atoms with Crippen LogP contribution in [0.25, 0.3) is 0 Å². The van der Waals surface area contributed by atoms with Crippen molar-refractivity contribution in [1.29, 1.82) is 0 Å². The number of carbonyl (C=O) groups is 2. The fourth-order valence-corrected chi connectivity index (χ4v) is 3.61. The maximum atomic E-state index is 12.9. The molecule has 26 heavy (non-hydrogen) atoms. The molecule has 0 atom stereocenters. The molecule has 4 heteroatoms. The molecule has 0 fully saturated rings. The lowest BCUT2D eigenvalue weighted by Crippen LogP contribution is -2.39. The highest BCUT2D eigenvalue weighted by molar-refractivity contribution is 5.97. The monoisotopic (exact) mass is 350 g/mol. The van der Waals surface area contributed by atoms with Gasteiger partial charge in [0.15, 0.2) is 0 Å². The number of benzene rings is 2. The van der Waals surface area contributed by atoms with Crippen molar-refractivity contribution in [3.63, 3.8) is 0 Å². The SMILES string of the molecule is CC(=O)N(CCC(=O)N1CCCc2ccccc21)c1cccc(C)c1C. The first-order chi connectivity index (χ1) is 12.5. The largest absolute Gasteiger partial charge is 0.312 e. The van der Waals surface area contributed by atoms with Crippen LogP contribution in [0, 0.1) is 13.8 Å². The van der Waals surface area contributed by atoms with Gasteiger partial charge < -0.3 is 9.80 Å². The van der Waals surface area contributed by atoms with Gasteiger partial charge in [0.1, 0.15) is 0 Å². The number of nitrogens with zero attached hydrogens (tertiary/aromatic N) is 2. The molecule has 0 bridgehead atoms. The van der Waals surface area contributed by atoms with Crippen LogP contribution in [0.15, 0.2) is 42.5 Å². The van der Waals surface area contributed by atoms with Gasteiger partial charge in [-0.2, -0.15) is 0 Å². The molecule has 136 valence electrons. The Bertz CT molecular complexity index is 829. The van der Waals surface area contributed by atoms with Gasteiger partial charge in [-0.15, -0.1) is 0 Å². The van der Waals surface area contributed by atoms with Gasteiger partial charge in [-0.1, -0.05) is 30.3 Å². The van der Waals surface area contributed by atoms with Crippen molar-refractivity contribution < 1.29 is 9.59 Å². The molecule has 1 aliphatic heterocycles. The van der Waals surface area contributed by atoms with Crippen molar-refractivity contribution in [2.45, 2.75) is 40.0 Å². The van der Waals surface area contributed by atoms with Crippen molar-refractivity contribution in [3.8, 4) is 0 Å². The van der Waals surface area contributed by atoms with Gasteiger partial charge in [-0.05, 0) is 55.5 Å². The van der Waals surface area contributed by atoms with Crippen molar-refractivity contribution in [2.24, 2.45) is 0 Å². The number of aryl methyl sites for hydroxylation is 2. The zero-order valence-electron chi connectivity index (χ0n) is 15.8. The number of carbonyl (C=O) groups excluding carboxylic acids is 2. The number of anilines is 2. The highest BCUT2D eigenvalue weighted by Crippen LogP contribution is 2.28. The van der Waals surface area contributed by atoms with Crippen LogP contribution in [0.3, 0.4) is 0 Å². The van der Waals surface area contributed by atoms with E-state index in [4.69, 9.17) is 0 Å². The summed E-state index contributed by atoms with van der Waals surface area (Å²) in [6.07, 6.45) is 2.32. The van der Waals surface area contributed by atoms with E-state index in [1.165, 1.54) is 5.56 Å². The second-order valence-corrected chi connectivity index (χ2v) is 6.92. The van der Waals surface area contributed by atoms with Gasteiger partial charge in [0.2, 0.25) is 11.8 Å². The Hall–Kier alpha value is -2.62. The molecule has 0 saturated carbocycles. The summed E-state index contributed by atoms with van der Waals surface area (Å²) < 4.78 is 0. The van der Waals surface area contributed by atoms with Gasteiger partial charge in [-0.25, -0.2) is 0 Å². The molecule has 0 N–H and O–H groups in total. The molecule has 2 amide bonds. The van der Waals surface area contributed by atoms with Gasteiger partial charge >= 0.3 is 0 Å². The van der Waals surface area contributed by atoms with Gasteiger partial charge in [0, 0.05) is 37.8 Å². The summed E-state index contributed by atoms with van der Waals surface area (Å²) in [5.41, 5.74) is 5.36. The quantitative estimate of drug-likeness (QED) is 0.835. The third-order valence-corrected chi connectivity index (χ3v) is 5.21. The highest BCUT2D eigenvalue weighted by atomic mass is 16.2. The van der Waals surface area contributed by atoms with Crippen LogP contribution in [0.5, 0.6) is 0 Å². The molecule has 0 radical (unpaired) electrons. The zero-order valence-corrected chi connectivity index (χ0v) is 15.8. The van der Waals surface area contributed by atoms with Crippen LogP contribution >= 0.6 is 0 Å². The van der Waals surface area contributed by atoms with E-state index >= 15 is 0 Å². The lowest BCUT2D eigenvalue weighted by atomic mass is 10.0. The van der Waals surface area contributed by atoms with E-state index in [0.717, 1.165) is 41.9 Å². The molecule has 3 rings (SSSR count). The van der Waals surface area contributed by atoms with E-state index in [2.05, 4.69) is 6.07 Å². The summed E-state index contributed by atoms with van der Waals surface area (Å²) in [4.78, 5) is 28.6. The van der Waals surface area contributed by atoms with Crippen molar-refractivity contribution in [1.82, 2.24) is 0 Å². The minimum absolute atomic E-state index is 0.0365. The third kappa shape index (κ3) is 3.64. The summed E-state index contributed by atoms with van der Waals surface area (Å²) in [6, 6.07) is 14.0. The molecule has 2 aromatic rings. The third-order valence-electron chi connectivity index (χ3n) is 5.21. The summed E-state index contributed by atoms with van der Waals surface area (Å²) in [5.74, 6) is 0.0410. The lowest BCUT2D eigenvalue weighted by molar-refractivity contribution is -0.118.